The summed E-state index contributed by atoms with van der Waals surface area (Å²) in [6.07, 6.45) is 1.54. The summed E-state index contributed by atoms with van der Waals surface area (Å²) in [4.78, 5) is 42.6. The molecule has 2 aromatic carbocycles. The minimum absolute atomic E-state index is 0.167. The van der Waals surface area contributed by atoms with Crippen molar-refractivity contribution in [2.75, 3.05) is 6.61 Å². The van der Waals surface area contributed by atoms with E-state index >= 15 is 0 Å². The number of allylic oxidation sites excluding steroid dienone is 1. The van der Waals surface area contributed by atoms with E-state index in [0.717, 1.165) is 11.3 Å². The summed E-state index contributed by atoms with van der Waals surface area (Å²) in [5, 5.41) is 12.3. The standard InChI is InChI=1S/C27H19Cl2N3O6S/c1-3-37-26(34)23-14(2)30-27-31(24(23)15-4-6-16(28)7-5-15)25(33)22(39-27)13-18-9-11-21(38-18)19-10-8-17(29)12-20(19)32(35)36/h4-13,24H,3H2,1-2H3. The Bertz CT molecular complexity index is 1840. The highest BCUT2D eigenvalue weighted by Crippen LogP contribution is 2.34. The number of hydrogen-bond donors (Lipinski definition) is 0. The molecule has 0 amide bonds. The molecule has 0 saturated heterocycles. The normalized spacial score (nSPS) is 15.2. The molecule has 1 aliphatic heterocycles. The molecule has 2 aromatic heterocycles. The molecule has 9 nitrogen and oxygen atoms in total. The zero-order valence-electron chi connectivity index (χ0n) is 20.5. The molecule has 0 N–H and O–H groups in total. The van der Waals surface area contributed by atoms with Gasteiger partial charge < -0.3 is 9.15 Å². The summed E-state index contributed by atoms with van der Waals surface area (Å²) in [5.41, 5.74) is 1.03. The number of fused-ring (bicyclic) bond motifs is 1. The summed E-state index contributed by atoms with van der Waals surface area (Å²) in [6.45, 7) is 3.57. The Hall–Kier alpha value is -3.99. The summed E-state index contributed by atoms with van der Waals surface area (Å²) in [6, 6.07) is 13.6. The van der Waals surface area contributed by atoms with Crippen molar-refractivity contribution in [2.24, 2.45) is 4.99 Å². The van der Waals surface area contributed by atoms with E-state index in [9.17, 15) is 19.7 Å². The maximum Gasteiger partial charge on any atom is 0.338 e. The summed E-state index contributed by atoms with van der Waals surface area (Å²) < 4.78 is 12.9. The number of furan rings is 1. The van der Waals surface area contributed by atoms with Gasteiger partial charge in [-0.15, -0.1) is 0 Å². The SMILES string of the molecule is CCOC(=O)C1=C(C)N=c2sc(=Cc3ccc(-c4ccc(Cl)cc4[N+](=O)[O-])o3)c(=O)n2C1c1ccc(Cl)cc1. The Morgan fingerprint density at radius 2 is 1.90 bits per heavy atom. The average molecular weight is 584 g/mol. The lowest BCUT2D eigenvalue weighted by molar-refractivity contribution is -0.384. The molecule has 1 unspecified atom stereocenters. The fourth-order valence-corrected chi connectivity index (χ4v) is 5.64. The van der Waals surface area contributed by atoms with Crippen molar-refractivity contribution in [3.63, 3.8) is 0 Å². The van der Waals surface area contributed by atoms with Crippen LogP contribution in [-0.2, 0) is 9.53 Å². The Morgan fingerprint density at radius 3 is 2.59 bits per heavy atom. The summed E-state index contributed by atoms with van der Waals surface area (Å²) >= 11 is 13.1. The molecule has 3 heterocycles. The molecule has 1 aliphatic rings. The molecule has 1 atom stereocenters. The van der Waals surface area contributed by atoms with E-state index in [0.29, 0.717) is 31.4 Å². The Kier molecular flexibility index (Phi) is 7.26. The number of benzene rings is 2. The van der Waals surface area contributed by atoms with Crippen molar-refractivity contribution in [1.29, 1.82) is 0 Å². The van der Waals surface area contributed by atoms with Crippen LogP contribution < -0.4 is 14.9 Å². The quantitative estimate of drug-likeness (QED) is 0.173. The Labute approximate surface area is 235 Å². The number of nitrogens with zero attached hydrogens (tertiary/aromatic N) is 3. The molecule has 0 aliphatic carbocycles. The second kappa shape index (κ2) is 10.6. The average Bonchev–Trinajstić information content (AvgIpc) is 3.48. The molecule has 39 heavy (non-hydrogen) atoms. The van der Waals surface area contributed by atoms with Crippen molar-refractivity contribution in [2.45, 2.75) is 19.9 Å². The fraction of sp³-hybridized carbons (Fsp3) is 0.148. The predicted octanol–water partition coefficient (Wildman–Crippen LogP) is 5.27. The molecule has 0 fully saturated rings. The van der Waals surface area contributed by atoms with Crippen molar-refractivity contribution < 1.29 is 18.9 Å². The van der Waals surface area contributed by atoms with Gasteiger partial charge in [0, 0.05) is 22.2 Å². The van der Waals surface area contributed by atoms with Crippen LogP contribution in [0.15, 0.2) is 80.1 Å². The number of esters is 1. The lowest BCUT2D eigenvalue weighted by atomic mass is 9.96. The second-order valence-corrected chi connectivity index (χ2v) is 10.4. The number of hydrogen-bond acceptors (Lipinski definition) is 8. The van der Waals surface area contributed by atoms with E-state index in [1.807, 2.05) is 0 Å². The number of rotatable bonds is 6. The van der Waals surface area contributed by atoms with E-state index in [4.69, 9.17) is 32.4 Å². The van der Waals surface area contributed by atoms with E-state index in [1.165, 1.54) is 28.8 Å². The lowest BCUT2D eigenvalue weighted by Crippen LogP contribution is -2.39. The monoisotopic (exact) mass is 583 g/mol. The van der Waals surface area contributed by atoms with Crippen LogP contribution in [-0.4, -0.2) is 22.1 Å². The zero-order valence-corrected chi connectivity index (χ0v) is 22.8. The van der Waals surface area contributed by atoms with Crippen molar-refractivity contribution in [1.82, 2.24) is 4.57 Å². The first-order valence-corrected chi connectivity index (χ1v) is 13.2. The van der Waals surface area contributed by atoms with Gasteiger partial charge >= 0.3 is 5.97 Å². The van der Waals surface area contributed by atoms with Crippen LogP contribution in [0.1, 0.15) is 31.2 Å². The van der Waals surface area contributed by atoms with Crippen molar-refractivity contribution >= 4 is 52.3 Å². The maximum absolute atomic E-state index is 13.7. The smallest absolute Gasteiger partial charge is 0.338 e. The van der Waals surface area contributed by atoms with Crippen LogP contribution in [0.2, 0.25) is 10.0 Å². The van der Waals surface area contributed by atoms with E-state index in [1.54, 1.807) is 50.2 Å². The number of nitro groups is 1. The van der Waals surface area contributed by atoms with Gasteiger partial charge in [-0.2, -0.15) is 0 Å². The molecule has 198 valence electrons. The number of ether oxygens (including phenoxy) is 1. The first kappa shape index (κ1) is 26.6. The summed E-state index contributed by atoms with van der Waals surface area (Å²) in [5.74, 6) is -0.00558. The van der Waals surface area contributed by atoms with Gasteiger partial charge in [-0.25, -0.2) is 9.79 Å². The number of nitro benzene ring substituents is 1. The zero-order chi connectivity index (χ0) is 27.8. The third-order valence-corrected chi connectivity index (χ3v) is 7.49. The Morgan fingerprint density at radius 1 is 1.18 bits per heavy atom. The maximum atomic E-state index is 13.7. The van der Waals surface area contributed by atoms with Crippen LogP contribution in [0.5, 0.6) is 0 Å². The molecule has 4 aromatic rings. The number of aromatic nitrogens is 1. The minimum Gasteiger partial charge on any atom is -0.463 e. The van der Waals surface area contributed by atoms with Crippen molar-refractivity contribution in [3.05, 3.63) is 117 Å². The van der Waals surface area contributed by atoms with Crippen LogP contribution in [0.3, 0.4) is 0 Å². The molecule has 0 bridgehead atoms. The number of carbonyl (C=O) groups is 1. The molecule has 0 radical (unpaired) electrons. The molecule has 12 heteroatoms. The van der Waals surface area contributed by atoms with Crippen LogP contribution >= 0.6 is 34.5 Å². The Balaban J connectivity index is 1.63. The first-order valence-electron chi connectivity index (χ1n) is 11.7. The number of thiazole rings is 1. The van der Waals surface area contributed by atoms with Gasteiger partial charge in [-0.05, 0) is 55.8 Å². The third kappa shape index (κ3) is 5.06. The molecule has 5 rings (SSSR count). The number of carbonyl (C=O) groups excluding carboxylic acids is 1. The molecular weight excluding hydrogens is 565 g/mol. The largest absolute Gasteiger partial charge is 0.463 e. The van der Waals surface area contributed by atoms with E-state index < -0.39 is 16.9 Å². The van der Waals surface area contributed by atoms with Crippen LogP contribution in [0.25, 0.3) is 17.4 Å². The highest BCUT2D eigenvalue weighted by atomic mass is 35.5. The van der Waals surface area contributed by atoms with Gasteiger partial charge in [0.2, 0.25) is 0 Å². The van der Waals surface area contributed by atoms with Crippen LogP contribution in [0, 0.1) is 10.1 Å². The molecular formula is C27H19Cl2N3O6S. The van der Waals surface area contributed by atoms with Gasteiger partial charge in [0.1, 0.15) is 11.5 Å². The van der Waals surface area contributed by atoms with Gasteiger partial charge in [-0.3, -0.25) is 19.5 Å². The lowest BCUT2D eigenvalue weighted by Gasteiger charge is -2.24. The van der Waals surface area contributed by atoms with Gasteiger partial charge in [0.25, 0.3) is 11.2 Å². The minimum atomic E-state index is -0.774. The summed E-state index contributed by atoms with van der Waals surface area (Å²) in [7, 11) is 0. The highest BCUT2D eigenvalue weighted by Gasteiger charge is 2.33. The van der Waals surface area contributed by atoms with Gasteiger partial charge in [0.15, 0.2) is 4.80 Å². The third-order valence-electron chi connectivity index (χ3n) is 6.02. The highest BCUT2D eigenvalue weighted by molar-refractivity contribution is 7.07. The first-order chi connectivity index (χ1) is 18.7. The van der Waals surface area contributed by atoms with Gasteiger partial charge in [0.05, 0.1) is 38.9 Å². The predicted molar refractivity (Wildman–Crippen MR) is 148 cm³/mol. The van der Waals surface area contributed by atoms with Crippen molar-refractivity contribution in [3.8, 4) is 11.3 Å². The topological polar surface area (TPSA) is 117 Å². The molecule has 0 saturated carbocycles. The molecule has 0 spiro atoms. The second-order valence-electron chi connectivity index (χ2n) is 8.47. The van der Waals surface area contributed by atoms with Crippen LogP contribution in [0.4, 0.5) is 5.69 Å². The van der Waals surface area contributed by atoms with E-state index in [2.05, 4.69) is 4.99 Å². The number of halogens is 2. The fourth-order valence-electron chi connectivity index (χ4n) is 4.32. The van der Waals surface area contributed by atoms with E-state index in [-0.39, 0.29) is 39.8 Å². The van der Waals surface area contributed by atoms with Gasteiger partial charge in [-0.1, -0.05) is 46.7 Å².